The van der Waals surface area contributed by atoms with Crippen LogP contribution in [-0.4, -0.2) is 13.7 Å². The Bertz CT molecular complexity index is 2740. The van der Waals surface area contributed by atoms with E-state index in [1.165, 1.54) is 0 Å². The number of halogens is 2. The summed E-state index contributed by atoms with van der Waals surface area (Å²) in [6, 6.07) is 48.6. The van der Waals surface area contributed by atoms with Gasteiger partial charge in [-0.2, -0.15) is 5.26 Å². The van der Waals surface area contributed by atoms with Crippen molar-refractivity contribution < 1.29 is 8.78 Å². The lowest BCUT2D eigenvalue weighted by atomic mass is 10.1. The highest BCUT2D eigenvalue weighted by Crippen LogP contribution is 2.44. The maximum Gasteiger partial charge on any atom is 0.175 e. The third-order valence-corrected chi connectivity index (χ3v) is 9.83. The van der Waals surface area contributed by atoms with Gasteiger partial charge in [0, 0.05) is 32.3 Å². The first-order valence-electron chi connectivity index (χ1n) is 16.1. The van der Waals surface area contributed by atoms with Gasteiger partial charge in [0.15, 0.2) is 11.6 Å². The van der Waals surface area contributed by atoms with Crippen LogP contribution in [0.3, 0.4) is 0 Å². The molecule has 6 heteroatoms. The van der Waals surface area contributed by atoms with Crippen molar-refractivity contribution in [3.63, 3.8) is 0 Å². The molecule has 230 valence electrons. The highest BCUT2D eigenvalue weighted by Gasteiger charge is 2.32. The Morgan fingerprint density at radius 2 is 0.571 bits per heavy atom. The van der Waals surface area contributed by atoms with Crippen LogP contribution in [0.25, 0.3) is 82.5 Å². The highest BCUT2D eigenvalue weighted by molar-refractivity contribution is 6.12. The summed E-state index contributed by atoms with van der Waals surface area (Å²) in [7, 11) is 0. The molecule has 3 heterocycles. The molecule has 0 amide bonds. The van der Waals surface area contributed by atoms with Gasteiger partial charge in [-0.3, -0.25) is 0 Å². The molecule has 0 fully saturated rings. The minimum absolute atomic E-state index is 0.00461. The smallest absolute Gasteiger partial charge is 0.175 e. The molecule has 0 atom stereocenters. The Labute approximate surface area is 278 Å². The maximum absolute atomic E-state index is 18.0. The van der Waals surface area contributed by atoms with E-state index in [2.05, 4.69) is 6.07 Å². The molecule has 7 aromatic carbocycles. The molecule has 0 N–H and O–H groups in total. The first-order chi connectivity index (χ1) is 24.2. The van der Waals surface area contributed by atoms with E-state index >= 15 is 8.78 Å². The number of benzene rings is 7. The Morgan fingerprint density at radius 3 is 0.816 bits per heavy atom. The van der Waals surface area contributed by atoms with Crippen molar-refractivity contribution in [2.75, 3.05) is 0 Å². The third-order valence-electron chi connectivity index (χ3n) is 9.83. The van der Waals surface area contributed by atoms with Crippen LogP contribution in [0.4, 0.5) is 8.78 Å². The van der Waals surface area contributed by atoms with Crippen molar-refractivity contribution in [3.8, 4) is 23.1 Å². The largest absolute Gasteiger partial charge is 0.305 e. The molecule has 0 unspecified atom stereocenters. The minimum atomic E-state index is -0.823. The summed E-state index contributed by atoms with van der Waals surface area (Å²) in [5.74, 6) is -1.65. The molecule has 0 aliphatic rings. The van der Waals surface area contributed by atoms with E-state index in [1.807, 2.05) is 146 Å². The van der Waals surface area contributed by atoms with Crippen LogP contribution >= 0.6 is 0 Å². The van der Waals surface area contributed by atoms with Crippen molar-refractivity contribution in [1.29, 1.82) is 5.26 Å². The fourth-order valence-corrected chi connectivity index (χ4v) is 7.86. The second kappa shape index (κ2) is 10.1. The quantitative estimate of drug-likeness (QED) is 0.191. The van der Waals surface area contributed by atoms with Crippen molar-refractivity contribution in [1.82, 2.24) is 13.7 Å². The van der Waals surface area contributed by atoms with Gasteiger partial charge in [-0.15, -0.1) is 0 Å². The van der Waals surface area contributed by atoms with Crippen LogP contribution in [0.15, 0.2) is 146 Å². The Hall–Kier alpha value is -6.71. The maximum atomic E-state index is 18.0. The van der Waals surface area contributed by atoms with Gasteiger partial charge in [0.25, 0.3) is 0 Å². The SMILES string of the molecule is N#Cc1c(-n2c3ccccc3c3ccccc32)c(F)c(-n2c3ccccc3c3ccccc32)c(F)c1-n1c2ccccc2c2ccccc21. The van der Waals surface area contributed by atoms with Gasteiger partial charge >= 0.3 is 0 Å². The molecular formula is C43H24F2N4. The number of rotatable bonds is 3. The Balaban J connectivity index is 1.49. The standard InChI is InChI=1S/C43H24F2N4/c44-39-41(47-33-19-7-1-13-26(33)27-14-2-8-20-34(27)47)32(25-46)42(48-35-21-9-3-15-28(35)29-16-4-10-22-36(29)48)40(45)43(39)49-37-23-11-5-17-30(37)31-18-6-12-24-38(31)49/h1-24H. The van der Waals surface area contributed by atoms with Gasteiger partial charge in [0.05, 0.1) is 33.1 Å². The summed E-state index contributed by atoms with van der Waals surface area (Å²) >= 11 is 0. The van der Waals surface area contributed by atoms with Crippen LogP contribution < -0.4 is 0 Å². The lowest BCUT2D eigenvalue weighted by Gasteiger charge is -2.22. The van der Waals surface area contributed by atoms with Crippen LogP contribution in [0, 0.1) is 23.0 Å². The summed E-state index contributed by atoms with van der Waals surface area (Å²) in [4.78, 5) is 0. The molecule has 0 radical (unpaired) electrons. The van der Waals surface area contributed by atoms with E-state index in [4.69, 9.17) is 0 Å². The lowest BCUT2D eigenvalue weighted by Crippen LogP contribution is -2.14. The molecule has 10 aromatic rings. The summed E-state index contributed by atoms with van der Waals surface area (Å²) in [5.41, 5.74) is 3.83. The van der Waals surface area contributed by atoms with E-state index in [1.54, 1.807) is 13.7 Å². The summed E-state index contributed by atoms with van der Waals surface area (Å²) in [6.07, 6.45) is 0. The number of nitriles is 1. The molecular weight excluding hydrogens is 610 g/mol. The third kappa shape index (κ3) is 3.59. The molecule has 0 saturated heterocycles. The van der Waals surface area contributed by atoms with Crippen LogP contribution in [0.2, 0.25) is 0 Å². The van der Waals surface area contributed by atoms with Gasteiger partial charge in [0.1, 0.15) is 28.7 Å². The van der Waals surface area contributed by atoms with Crippen molar-refractivity contribution in [2.24, 2.45) is 0 Å². The van der Waals surface area contributed by atoms with Gasteiger partial charge in [-0.05, 0) is 36.4 Å². The van der Waals surface area contributed by atoms with Gasteiger partial charge < -0.3 is 13.7 Å². The van der Waals surface area contributed by atoms with Gasteiger partial charge in [-0.1, -0.05) is 109 Å². The molecule has 10 rings (SSSR count). The number of aromatic nitrogens is 3. The number of hydrogen-bond donors (Lipinski definition) is 0. The Kier molecular flexibility index (Phi) is 5.67. The van der Waals surface area contributed by atoms with E-state index in [-0.39, 0.29) is 22.6 Å². The first kappa shape index (κ1) is 27.4. The second-order valence-electron chi connectivity index (χ2n) is 12.3. The van der Waals surface area contributed by atoms with E-state index in [0.717, 1.165) is 32.3 Å². The predicted octanol–water partition coefficient (Wildman–Crippen LogP) is 11.1. The zero-order valence-corrected chi connectivity index (χ0v) is 25.9. The van der Waals surface area contributed by atoms with Crippen molar-refractivity contribution >= 4 is 65.4 Å². The number of nitrogens with zero attached hydrogens (tertiary/aromatic N) is 4. The van der Waals surface area contributed by atoms with Crippen LogP contribution in [0.5, 0.6) is 0 Å². The molecule has 0 aliphatic carbocycles. The van der Waals surface area contributed by atoms with Crippen LogP contribution in [0.1, 0.15) is 5.56 Å². The van der Waals surface area contributed by atoms with Gasteiger partial charge in [-0.25, -0.2) is 8.78 Å². The van der Waals surface area contributed by atoms with Crippen molar-refractivity contribution in [3.05, 3.63) is 163 Å². The Morgan fingerprint density at radius 1 is 0.347 bits per heavy atom. The molecule has 0 aliphatic heterocycles. The molecule has 4 nitrogen and oxygen atoms in total. The minimum Gasteiger partial charge on any atom is -0.305 e. The molecule has 0 saturated carbocycles. The molecule has 0 bridgehead atoms. The zero-order chi connectivity index (χ0) is 32.8. The zero-order valence-electron chi connectivity index (χ0n) is 25.9. The molecule has 3 aromatic heterocycles. The average molecular weight is 635 g/mol. The topological polar surface area (TPSA) is 38.6 Å². The van der Waals surface area contributed by atoms with E-state index < -0.39 is 11.6 Å². The fraction of sp³-hybridized carbons (Fsp3) is 0. The highest BCUT2D eigenvalue weighted by atomic mass is 19.1. The van der Waals surface area contributed by atoms with E-state index in [9.17, 15) is 5.26 Å². The fourth-order valence-electron chi connectivity index (χ4n) is 7.86. The number of fused-ring (bicyclic) bond motifs is 9. The number of hydrogen-bond acceptors (Lipinski definition) is 1. The second-order valence-corrected chi connectivity index (χ2v) is 12.3. The monoisotopic (exact) mass is 634 g/mol. The normalized spacial score (nSPS) is 11.9. The lowest BCUT2D eigenvalue weighted by molar-refractivity contribution is 0.565. The predicted molar refractivity (Wildman–Crippen MR) is 194 cm³/mol. The van der Waals surface area contributed by atoms with Crippen molar-refractivity contribution in [2.45, 2.75) is 0 Å². The number of para-hydroxylation sites is 6. The molecule has 49 heavy (non-hydrogen) atoms. The van der Waals surface area contributed by atoms with Gasteiger partial charge in [0.2, 0.25) is 0 Å². The summed E-state index contributed by atoms with van der Waals surface area (Å²) in [6.45, 7) is 0. The van der Waals surface area contributed by atoms with E-state index in [0.29, 0.717) is 33.1 Å². The average Bonchev–Trinajstić information content (AvgIpc) is 3.78. The summed E-state index contributed by atoms with van der Waals surface area (Å²) in [5, 5.41) is 16.4. The first-order valence-corrected chi connectivity index (χ1v) is 16.1. The molecule has 0 spiro atoms. The summed E-state index contributed by atoms with van der Waals surface area (Å²) < 4.78 is 41.3. The van der Waals surface area contributed by atoms with Crippen LogP contribution in [-0.2, 0) is 0 Å².